The molecule has 0 atom stereocenters. The number of aromatic carboxylic acids is 1. The van der Waals surface area contributed by atoms with Crippen molar-refractivity contribution in [2.45, 2.75) is 0 Å². The number of carboxylic acid groups (broad SMARTS) is 1. The van der Waals surface area contributed by atoms with Crippen molar-refractivity contribution in [1.29, 1.82) is 0 Å². The van der Waals surface area contributed by atoms with E-state index in [1.165, 1.54) is 0 Å². The van der Waals surface area contributed by atoms with E-state index in [1.807, 2.05) is 0 Å². The van der Waals surface area contributed by atoms with Gasteiger partial charge in [-0.1, -0.05) is 0 Å². The Hall–Kier alpha value is -2.12. The molecule has 3 N–H and O–H groups in total. The monoisotopic (exact) mass is 183 g/mol. The van der Waals surface area contributed by atoms with Crippen molar-refractivity contribution in [3.63, 3.8) is 0 Å². The first-order valence-electron chi connectivity index (χ1n) is 3.41. The van der Waals surface area contributed by atoms with Gasteiger partial charge in [-0.05, 0) is 0 Å². The molecule has 13 heavy (non-hydrogen) atoms. The minimum Gasteiger partial charge on any atom is -0.475 e. The van der Waals surface area contributed by atoms with Crippen molar-refractivity contribution in [2.24, 2.45) is 0 Å². The summed E-state index contributed by atoms with van der Waals surface area (Å²) in [5.41, 5.74) is 2.30. The van der Waals surface area contributed by atoms with E-state index in [9.17, 15) is 9.59 Å². The number of carboxylic acids is 1. The van der Waals surface area contributed by atoms with Crippen LogP contribution in [0, 0.1) is 0 Å². The average molecular weight is 183 g/mol. The van der Waals surface area contributed by atoms with Crippen LogP contribution in [0.3, 0.4) is 0 Å². The smallest absolute Gasteiger partial charge is 0.375 e. The zero-order chi connectivity index (χ0) is 9.42. The highest BCUT2D eigenvalue weighted by molar-refractivity contribution is 5.92. The summed E-state index contributed by atoms with van der Waals surface area (Å²) in [5, 5.41) is 18.1. The van der Waals surface area contributed by atoms with Gasteiger partial charge in [0.2, 0.25) is 5.95 Å². The molecule has 8 heteroatoms. The molecule has 0 fully saturated rings. The highest BCUT2D eigenvalue weighted by Gasteiger charge is 2.23. The van der Waals surface area contributed by atoms with Crippen LogP contribution in [0.25, 0.3) is 0 Å². The first-order valence-corrected chi connectivity index (χ1v) is 3.41. The average Bonchev–Trinajstić information content (AvgIpc) is 2.46. The molecule has 1 amide bonds. The maximum absolute atomic E-state index is 10.9. The van der Waals surface area contributed by atoms with Crippen molar-refractivity contribution < 1.29 is 14.7 Å². The molecule has 0 bridgehead atoms. The lowest BCUT2D eigenvalue weighted by Crippen LogP contribution is -2.37. The maximum atomic E-state index is 10.9. The standard InChI is InChI=1S/C5H5N5O3/c11-2-1-6-5-8-7-3(4(12)13)10(5)9-2/h1H2,(H,6,8)(H,9,11)(H,12,13). The van der Waals surface area contributed by atoms with Gasteiger partial charge in [0.1, 0.15) is 0 Å². The van der Waals surface area contributed by atoms with Crippen LogP contribution in [0.2, 0.25) is 0 Å². The third-order valence-electron chi connectivity index (χ3n) is 1.50. The van der Waals surface area contributed by atoms with E-state index in [-0.39, 0.29) is 24.2 Å². The maximum Gasteiger partial charge on any atom is 0.375 e. The number of amides is 1. The molecule has 1 aromatic heterocycles. The van der Waals surface area contributed by atoms with Crippen LogP contribution in [0.15, 0.2) is 0 Å². The minimum atomic E-state index is -1.25. The Morgan fingerprint density at radius 1 is 1.54 bits per heavy atom. The number of rotatable bonds is 1. The van der Waals surface area contributed by atoms with Crippen molar-refractivity contribution in [3.05, 3.63) is 5.82 Å². The molecular formula is C5H5N5O3. The highest BCUT2D eigenvalue weighted by atomic mass is 16.4. The molecule has 1 aliphatic rings. The number of hydrogen-bond donors (Lipinski definition) is 3. The van der Waals surface area contributed by atoms with E-state index in [1.54, 1.807) is 0 Å². The Kier molecular flexibility index (Phi) is 1.41. The van der Waals surface area contributed by atoms with Crippen molar-refractivity contribution in [3.8, 4) is 0 Å². The van der Waals surface area contributed by atoms with Crippen LogP contribution < -0.4 is 10.7 Å². The molecule has 0 radical (unpaired) electrons. The normalized spacial score (nSPS) is 14.3. The third kappa shape index (κ3) is 1.08. The summed E-state index contributed by atoms with van der Waals surface area (Å²) in [6, 6.07) is 0. The van der Waals surface area contributed by atoms with E-state index in [0.717, 1.165) is 4.68 Å². The predicted octanol–water partition coefficient (Wildman–Crippen LogP) is -1.53. The molecule has 0 spiro atoms. The molecule has 8 nitrogen and oxygen atoms in total. The summed E-state index contributed by atoms with van der Waals surface area (Å²) in [7, 11) is 0. The minimum absolute atomic E-state index is 0.0672. The van der Waals surface area contributed by atoms with Gasteiger partial charge in [0.05, 0.1) is 6.54 Å². The van der Waals surface area contributed by atoms with Crippen LogP contribution in [0.4, 0.5) is 5.95 Å². The lowest BCUT2D eigenvalue weighted by Gasteiger charge is -2.15. The van der Waals surface area contributed by atoms with Crippen molar-refractivity contribution in [1.82, 2.24) is 14.9 Å². The van der Waals surface area contributed by atoms with Gasteiger partial charge in [0.15, 0.2) is 0 Å². The Morgan fingerprint density at radius 2 is 2.31 bits per heavy atom. The molecular weight excluding hydrogens is 178 g/mol. The zero-order valence-corrected chi connectivity index (χ0v) is 6.31. The number of nitrogens with one attached hydrogen (secondary N) is 2. The van der Waals surface area contributed by atoms with Gasteiger partial charge in [0, 0.05) is 0 Å². The molecule has 0 saturated heterocycles. The summed E-state index contributed by atoms with van der Waals surface area (Å²) < 4.78 is 0.994. The zero-order valence-electron chi connectivity index (χ0n) is 6.31. The van der Waals surface area contributed by atoms with Crippen LogP contribution in [0.5, 0.6) is 0 Å². The van der Waals surface area contributed by atoms with Gasteiger partial charge in [0.25, 0.3) is 11.7 Å². The van der Waals surface area contributed by atoms with Crippen LogP contribution in [-0.2, 0) is 4.79 Å². The second kappa shape index (κ2) is 2.44. The van der Waals surface area contributed by atoms with Gasteiger partial charge >= 0.3 is 5.97 Å². The Labute approximate surface area is 71.5 Å². The largest absolute Gasteiger partial charge is 0.475 e. The fourth-order valence-electron chi connectivity index (χ4n) is 0.967. The fourth-order valence-corrected chi connectivity index (χ4v) is 0.967. The van der Waals surface area contributed by atoms with Crippen molar-refractivity contribution in [2.75, 3.05) is 17.3 Å². The Morgan fingerprint density at radius 3 is 3.00 bits per heavy atom. The van der Waals surface area contributed by atoms with E-state index in [2.05, 4.69) is 20.9 Å². The van der Waals surface area contributed by atoms with Crippen molar-refractivity contribution >= 4 is 17.8 Å². The fraction of sp³-hybridized carbons (Fsp3) is 0.200. The third-order valence-corrected chi connectivity index (χ3v) is 1.50. The summed E-state index contributed by atoms with van der Waals surface area (Å²) in [4.78, 5) is 21.4. The van der Waals surface area contributed by atoms with Gasteiger partial charge in [-0.25, -0.2) is 4.79 Å². The highest BCUT2D eigenvalue weighted by Crippen LogP contribution is 2.07. The van der Waals surface area contributed by atoms with E-state index >= 15 is 0 Å². The molecule has 2 rings (SSSR count). The topological polar surface area (TPSA) is 109 Å². The first-order chi connectivity index (χ1) is 6.18. The Bertz CT molecular complexity index is 384. The number of fused-ring (bicyclic) bond motifs is 1. The number of aromatic nitrogens is 3. The van der Waals surface area contributed by atoms with Gasteiger partial charge < -0.3 is 10.4 Å². The number of carbonyl (C=O) groups is 2. The number of nitrogens with zero attached hydrogens (tertiary/aromatic N) is 3. The molecule has 0 aromatic carbocycles. The summed E-state index contributed by atoms with van der Waals surface area (Å²) in [5.74, 6) is -1.69. The van der Waals surface area contributed by atoms with Crippen LogP contribution in [0.1, 0.15) is 10.6 Å². The van der Waals surface area contributed by atoms with Gasteiger partial charge in [-0.15, -0.1) is 10.2 Å². The second-order valence-corrected chi connectivity index (χ2v) is 2.38. The van der Waals surface area contributed by atoms with Crippen LogP contribution >= 0.6 is 0 Å². The van der Waals surface area contributed by atoms with Crippen LogP contribution in [-0.4, -0.2) is 38.4 Å². The van der Waals surface area contributed by atoms with E-state index in [0.29, 0.717) is 0 Å². The van der Waals surface area contributed by atoms with E-state index < -0.39 is 5.97 Å². The molecule has 2 heterocycles. The molecule has 68 valence electrons. The summed E-state index contributed by atoms with van der Waals surface area (Å²) >= 11 is 0. The lowest BCUT2D eigenvalue weighted by atomic mass is 10.5. The first kappa shape index (κ1) is 7.53. The Balaban J connectivity index is 2.46. The molecule has 0 aliphatic carbocycles. The van der Waals surface area contributed by atoms with Gasteiger partial charge in [-0.3, -0.25) is 10.2 Å². The second-order valence-electron chi connectivity index (χ2n) is 2.38. The number of hydrogen-bond acceptors (Lipinski definition) is 5. The SMILES string of the molecule is O=C1CNc2nnc(C(=O)O)n2N1. The predicted molar refractivity (Wildman–Crippen MR) is 39.8 cm³/mol. The molecule has 0 unspecified atom stereocenters. The number of anilines is 1. The molecule has 0 saturated carbocycles. The van der Waals surface area contributed by atoms with E-state index in [4.69, 9.17) is 5.11 Å². The molecule has 1 aromatic rings. The summed E-state index contributed by atoms with van der Waals surface area (Å²) in [6.07, 6.45) is 0. The number of carbonyl (C=O) groups excluding carboxylic acids is 1. The lowest BCUT2D eigenvalue weighted by molar-refractivity contribution is -0.115. The molecule has 1 aliphatic heterocycles. The summed E-state index contributed by atoms with van der Waals surface area (Å²) in [6.45, 7) is 0.0672. The quantitative estimate of drug-likeness (QED) is 0.487. The van der Waals surface area contributed by atoms with Gasteiger partial charge in [-0.2, -0.15) is 4.68 Å².